The number of rotatable bonds is 1. The van der Waals surface area contributed by atoms with Crippen LogP contribution in [0.15, 0.2) is 18.2 Å². The van der Waals surface area contributed by atoms with Crippen molar-refractivity contribution in [2.45, 2.75) is 0 Å². The highest BCUT2D eigenvalue weighted by Gasteiger charge is 1.90. The van der Waals surface area contributed by atoms with Gasteiger partial charge in [0, 0.05) is 12.1 Å². The van der Waals surface area contributed by atoms with E-state index in [1.165, 1.54) is 25.3 Å². The lowest BCUT2D eigenvalue weighted by Crippen LogP contribution is -1.82. The molecule has 0 atom stereocenters. The van der Waals surface area contributed by atoms with Gasteiger partial charge in [0.25, 0.3) is 0 Å². The average molecular weight is 125 g/mol. The molecule has 0 amide bonds. The lowest BCUT2D eigenvalue weighted by Gasteiger charge is -1.95. The van der Waals surface area contributed by atoms with Crippen molar-refractivity contribution in [3.8, 4) is 5.75 Å². The van der Waals surface area contributed by atoms with Crippen LogP contribution in [0.5, 0.6) is 5.75 Å². The molecule has 1 radical (unpaired) electrons. The van der Waals surface area contributed by atoms with Crippen molar-refractivity contribution in [2.24, 2.45) is 0 Å². The maximum atomic E-state index is 12.3. The zero-order valence-electron chi connectivity index (χ0n) is 5.02. The summed E-state index contributed by atoms with van der Waals surface area (Å²) in [5.74, 6) is 0.126. The topological polar surface area (TPSA) is 9.23 Å². The van der Waals surface area contributed by atoms with E-state index >= 15 is 0 Å². The number of benzene rings is 1. The van der Waals surface area contributed by atoms with E-state index in [4.69, 9.17) is 4.74 Å². The maximum Gasteiger partial charge on any atom is 0.129 e. The largest absolute Gasteiger partial charge is 0.496 e. The van der Waals surface area contributed by atoms with E-state index in [9.17, 15) is 4.39 Å². The second-order valence-corrected chi connectivity index (χ2v) is 1.58. The maximum absolute atomic E-state index is 12.3. The Morgan fingerprint density at radius 2 is 2.44 bits per heavy atom. The van der Waals surface area contributed by atoms with E-state index in [1.54, 1.807) is 0 Å². The molecule has 47 valence electrons. The van der Waals surface area contributed by atoms with Crippen LogP contribution < -0.4 is 4.74 Å². The number of methoxy groups -OCH3 is 1. The second kappa shape index (κ2) is 2.49. The Morgan fingerprint density at radius 1 is 1.67 bits per heavy atom. The summed E-state index contributed by atoms with van der Waals surface area (Å²) in [7, 11) is 1.48. The molecule has 0 saturated heterocycles. The molecule has 0 aliphatic heterocycles. The first-order chi connectivity index (χ1) is 4.33. The first-order valence-corrected chi connectivity index (χ1v) is 2.54. The Balaban J connectivity index is 2.94. The fraction of sp³-hybridized carbons (Fsp3) is 0.143. The van der Waals surface area contributed by atoms with Crippen molar-refractivity contribution >= 4 is 0 Å². The summed E-state index contributed by atoms with van der Waals surface area (Å²) in [5.41, 5.74) is 0. The van der Waals surface area contributed by atoms with Gasteiger partial charge in [-0.15, -0.1) is 0 Å². The van der Waals surface area contributed by atoms with Crippen molar-refractivity contribution in [1.29, 1.82) is 0 Å². The van der Waals surface area contributed by atoms with Gasteiger partial charge in [0.2, 0.25) is 0 Å². The first-order valence-electron chi connectivity index (χ1n) is 2.54. The summed E-state index contributed by atoms with van der Waals surface area (Å²) >= 11 is 0. The third kappa shape index (κ3) is 1.42. The zero-order valence-corrected chi connectivity index (χ0v) is 5.02. The second-order valence-electron chi connectivity index (χ2n) is 1.58. The average Bonchev–Trinajstić information content (AvgIpc) is 1.88. The van der Waals surface area contributed by atoms with Crippen molar-refractivity contribution in [3.05, 3.63) is 30.1 Å². The van der Waals surface area contributed by atoms with Gasteiger partial charge in [-0.25, -0.2) is 4.39 Å². The van der Waals surface area contributed by atoms with Gasteiger partial charge in [0.05, 0.1) is 7.11 Å². The van der Waals surface area contributed by atoms with Gasteiger partial charge in [0.15, 0.2) is 0 Å². The minimum Gasteiger partial charge on any atom is -0.496 e. The van der Waals surface area contributed by atoms with Crippen LogP contribution in [0.3, 0.4) is 0 Å². The van der Waals surface area contributed by atoms with Crippen LogP contribution >= 0.6 is 0 Å². The van der Waals surface area contributed by atoms with Gasteiger partial charge in [-0.1, -0.05) is 0 Å². The summed E-state index contributed by atoms with van der Waals surface area (Å²) in [5, 5.41) is 0. The minimum absolute atomic E-state index is 0.300. The van der Waals surface area contributed by atoms with Crippen LogP contribution in [0.4, 0.5) is 4.39 Å². The molecule has 0 aliphatic carbocycles. The van der Waals surface area contributed by atoms with Crippen LogP contribution in [0.2, 0.25) is 0 Å². The van der Waals surface area contributed by atoms with Crippen molar-refractivity contribution in [3.63, 3.8) is 0 Å². The Morgan fingerprint density at radius 3 is 2.89 bits per heavy atom. The van der Waals surface area contributed by atoms with Crippen LogP contribution in [0.25, 0.3) is 0 Å². The van der Waals surface area contributed by atoms with Crippen molar-refractivity contribution in [2.75, 3.05) is 7.11 Å². The molecule has 0 N–H and O–H groups in total. The molecule has 1 aromatic carbocycles. The molecular formula is C7H6FO. The fourth-order valence-electron chi connectivity index (χ4n) is 0.536. The van der Waals surface area contributed by atoms with Crippen LogP contribution in [-0.2, 0) is 0 Å². The predicted molar refractivity (Wildman–Crippen MR) is 31.8 cm³/mol. The highest BCUT2D eigenvalue weighted by Crippen LogP contribution is 2.08. The lowest BCUT2D eigenvalue weighted by molar-refractivity contribution is 0.410. The van der Waals surface area contributed by atoms with Gasteiger partial charge in [-0.2, -0.15) is 0 Å². The van der Waals surface area contributed by atoms with E-state index in [0.717, 1.165) is 0 Å². The smallest absolute Gasteiger partial charge is 0.129 e. The van der Waals surface area contributed by atoms with Crippen LogP contribution in [0.1, 0.15) is 0 Å². The highest BCUT2D eigenvalue weighted by atomic mass is 19.1. The van der Waals surface area contributed by atoms with Gasteiger partial charge in [-0.05, 0) is 12.1 Å². The zero-order chi connectivity index (χ0) is 6.69. The van der Waals surface area contributed by atoms with E-state index in [2.05, 4.69) is 6.07 Å². The van der Waals surface area contributed by atoms with E-state index in [1.807, 2.05) is 0 Å². The monoisotopic (exact) mass is 125 g/mol. The quantitative estimate of drug-likeness (QED) is 0.554. The third-order valence-electron chi connectivity index (χ3n) is 0.957. The predicted octanol–water partition coefficient (Wildman–Crippen LogP) is 1.63. The molecule has 0 fully saturated rings. The molecule has 0 bridgehead atoms. The number of ether oxygens (including phenoxy) is 1. The molecule has 0 unspecified atom stereocenters. The van der Waals surface area contributed by atoms with Crippen LogP contribution in [-0.4, -0.2) is 7.11 Å². The molecule has 1 aromatic rings. The van der Waals surface area contributed by atoms with E-state index in [-0.39, 0.29) is 5.82 Å². The first kappa shape index (κ1) is 6.08. The third-order valence-corrected chi connectivity index (χ3v) is 0.957. The van der Waals surface area contributed by atoms with Crippen molar-refractivity contribution < 1.29 is 9.13 Å². The molecule has 1 nitrogen and oxygen atoms in total. The highest BCUT2D eigenvalue weighted by molar-refractivity contribution is 5.20. The van der Waals surface area contributed by atoms with Crippen molar-refractivity contribution in [1.82, 2.24) is 0 Å². The molecule has 9 heavy (non-hydrogen) atoms. The van der Waals surface area contributed by atoms with E-state index < -0.39 is 0 Å². The number of hydrogen-bond donors (Lipinski definition) is 0. The molecule has 0 heterocycles. The molecule has 1 rings (SSSR count). The molecule has 0 aromatic heterocycles. The Bertz CT molecular complexity index is 198. The normalized spacial score (nSPS) is 9.11. The summed E-state index contributed by atoms with van der Waals surface area (Å²) < 4.78 is 17.0. The molecule has 0 spiro atoms. The number of halogens is 1. The Kier molecular flexibility index (Phi) is 1.68. The Labute approximate surface area is 53.1 Å². The summed E-state index contributed by atoms with van der Waals surface area (Å²) in [6.07, 6.45) is 0. The standard InChI is InChI=1S/C7H6FO/c1-9-7-4-2-3-6(8)5-7/h2-3,5H,1H3. The van der Waals surface area contributed by atoms with Gasteiger partial charge in [0.1, 0.15) is 11.6 Å². The van der Waals surface area contributed by atoms with Gasteiger partial charge >= 0.3 is 0 Å². The molecule has 0 saturated carbocycles. The summed E-state index contributed by atoms with van der Waals surface area (Å²) in [4.78, 5) is 0. The molecule has 2 heteroatoms. The summed E-state index contributed by atoms with van der Waals surface area (Å²) in [6.45, 7) is 0. The fourth-order valence-corrected chi connectivity index (χ4v) is 0.536. The molecule has 0 aliphatic rings. The van der Waals surface area contributed by atoms with Gasteiger partial charge < -0.3 is 4.74 Å². The Hall–Kier alpha value is -1.05. The number of hydrogen-bond acceptors (Lipinski definition) is 1. The van der Waals surface area contributed by atoms with Gasteiger partial charge in [-0.3, -0.25) is 0 Å². The lowest BCUT2D eigenvalue weighted by atomic mass is 10.3. The SMILES string of the molecule is COc1[c]ccc(F)c1. The molecular weight excluding hydrogens is 119 g/mol. The minimum atomic E-state index is -0.300. The van der Waals surface area contributed by atoms with Crippen LogP contribution in [0, 0.1) is 11.9 Å². The summed E-state index contributed by atoms with van der Waals surface area (Å²) in [6, 6.07) is 6.78. The van der Waals surface area contributed by atoms with E-state index in [0.29, 0.717) is 5.75 Å².